The van der Waals surface area contributed by atoms with Gasteiger partial charge in [-0.05, 0) is 12.1 Å². The minimum Gasteiger partial charge on any atom is -0.486 e. The lowest BCUT2D eigenvalue weighted by atomic mass is 10.1. The quantitative estimate of drug-likeness (QED) is 0.164. The van der Waals surface area contributed by atoms with Gasteiger partial charge in [0.25, 0.3) is 5.69 Å². The van der Waals surface area contributed by atoms with Gasteiger partial charge in [0.1, 0.15) is 12.4 Å². The Morgan fingerprint density at radius 1 is 1.21 bits per heavy atom. The molecule has 8 nitrogen and oxygen atoms in total. The van der Waals surface area contributed by atoms with Crippen LogP contribution in [0.3, 0.4) is 0 Å². The Morgan fingerprint density at radius 2 is 2.00 bits per heavy atom. The number of thioether (sulfide) groups is 1. The van der Waals surface area contributed by atoms with E-state index in [1.54, 1.807) is 12.1 Å². The Bertz CT molecular complexity index is 1020. The van der Waals surface area contributed by atoms with Gasteiger partial charge in [0, 0.05) is 24.2 Å². The van der Waals surface area contributed by atoms with Gasteiger partial charge >= 0.3 is 0 Å². The van der Waals surface area contributed by atoms with E-state index in [4.69, 9.17) is 4.74 Å². The molecule has 0 spiro atoms. The molecule has 1 aromatic heterocycles. The van der Waals surface area contributed by atoms with Gasteiger partial charge in [-0.25, -0.2) is 0 Å². The van der Waals surface area contributed by atoms with Gasteiger partial charge < -0.3 is 4.74 Å². The van der Waals surface area contributed by atoms with Crippen LogP contribution in [-0.2, 0) is 13.2 Å². The molecule has 1 heterocycles. The number of allylic oxidation sites excluding steroid dienone is 1. The third-order valence-electron chi connectivity index (χ3n) is 3.93. The Balaban J connectivity index is 1.68. The molecule has 3 rings (SSSR count). The molecule has 9 heteroatoms. The van der Waals surface area contributed by atoms with Crippen LogP contribution in [0.4, 0.5) is 5.69 Å². The number of nitro groups is 1. The Kier molecular flexibility index (Phi) is 6.75. The zero-order valence-electron chi connectivity index (χ0n) is 15.4. The van der Waals surface area contributed by atoms with E-state index in [-0.39, 0.29) is 29.4 Å². The summed E-state index contributed by atoms with van der Waals surface area (Å²) in [6.07, 6.45) is 1.71. The normalized spacial score (nSPS) is 10.5. The fraction of sp³-hybridized carbons (Fsp3) is 0.150. The van der Waals surface area contributed by atoms with Crippen LogP contribution in [0.1, 0.15) is 16.2 Å². The zero-order valence-corrected chi connectivity index (χ0v) is 16.2. The summed E-state index contributed by atoms with van der Waals surface area (Å²) >= 11 is 1.21. The van der Waals surface area contributed by atoms with Gasteiger partial charge in [-0.3, -0.25) is 19.5 Å². The molecule has 2 aromatic carbocycles. The Hall–Kier alpha value is -3.46. The number of hydrogen-bond donors (Lipinski definition) is 0. The molecule has 0 fully saturated rings. The van der Waals surface area contributed by atoms with Gasteiger partial charge in [0.05, 0.1) is 10.7 Å². The number of nitrogens with zero attached hydrogens (tertiary/aromatic N) is 4. The van der Waals surface area contributed by atoms with Crippen molar-refractivity contribution < 1.29 is 14.5 Å². The third-order valence-corrected chi connectivity index (χ3v) is 4.89. The number of rotatable bonds is 10. The summed E-state index contributed by atoms with van der Waals surface area (Å²) in [5.41, 5.74) is 0.171. The van der Waals surface area contributed by atoms with Crippen LogP contribution in [0.2, 0.25) is 0 Å². The van der Waals surface area contributed by atoms with Crippen molar-refractivity contribution in [3.05, 3.63) is 88.8 Å². The number of ether oxygens (including phenoxy) is 1. The van der Waals surface area contributed by atoms with Crippen molar-refractivity contribution in [2.45, 2.75) is 18.3 Å². The van der Waals surface area contributed by atoms with E-state index < -0.39 is 4.92 Å². The van der Waals surface area contributed by atoms with Gasteiger partial charge in [-0.1, -0.05) is 48.2 Å². The number of Topliss-reactive ketones (excluding diaryl/α,β-unsaturated/α-hetero) is 1. The van der Waals surface area contributed by atoms with Crippen molar-refractivity contribution in [2.75, 3.05) is 5.75 Å². The van der Waals surface area contributed by atoms with E-state index in [0.717, 1.165) is 5.75 Å². The van der Waals surface area contributed by atoms with Crippen molar-refractivity contribution in [3.63, 3.8) is 0 Å². The van der Waals surface area contributed by atoms with E-state index in [1.807, 2.05) is 34.9 Å². The van der Waals surface area contributed by atoms with E-state index in [2.05, 4.69) is 16.8 Å². The maximum atomic E-state index is 12.4. The average molecular weight is 410 g/mol. The van der Waals surface area contributed by atoms with Crippen molar-refractivity contribution in [2.24, 2.45) is 0 Å². The SMILES string of the molecule is C=CCn1c(COc2ccccc2)nnc1SCC(=O)c1cccc([N+](=O)[O-])c1. The van der Waals surface area contributed by atoms with Crippen molar-refractivity contribution in [1.82, 2.24) is 14.8 Å². The number of ketones is 1. The van der Waals surface area contributed by atoms with E-state index in [9.17, 15) is 14.9 Å². The molecular weight excluding hydrogens is 392 g/mol. The first-order valence-electron chi connectivity index (χ1n) is 8.69. The molecule has 3 aromatic rings. The average Bonchev–Trinajstić information content (AvgIpc) is 3.13. The summed E-state index contributed by atoms with van der Waals surface area (Å²) in [7, 11) is 0. The molecule has 29 heavy (non-hydrogen) atoms. The van der Waals surface area contributed by atoms with Crippen LogP contribution in [0.25, 0.3) is 0 Å². The monoisotopic (exact) mass is 410 g/mol. The van der Waals surface area contributed by atoms with Gasteiger partial charge in [-0.2, -0.15) is 0 Å². The van der Waals surface area contributed by atoms with Crippen LogP contribution in [-0.4, -0.2) is 31.2 Å². The molecule has 148 valence electrons. The first-order valence-corrected chi connectivity index (χ1v) is 9.68. The summed E-state index contributed by atoms with van der Waals surface area (Å²) in [6.45, 7) is 4.44. The third kappa shape index (κ3) is 5.29. The lowest BCUT2D eigenvalue weighted by molar-refractivity contribution is -0.384. The second kappa shape index (κ2) is 9.65. The van der Waals surface area contributed by atoms with Crippen molar-refractivity contribution >= 4 is 23.2 Å². The van der Waals surface area contributed by atoms with E-state index in [1.165, 1.54) is 30.0 Å². The highest BCUT2D eigenvalue weighted by molar-refractivity contribution is 7.99. The summed E-state index contributed by atoms with van der Waals surface area (Å²) in [6, 6.07) is 15.0. The van der Waals surface area contributed by atoms with Crippen LogP contribution in [0.5, 0.6) is 5.75 Å². The first kappa shape index (κ1) is 20.3. The highest BCUT2D eigenvalue weighted by atomic mass is 32.2. The number of non-ortho nitro benzene ring substituents is 1. The fourth-order valence-electron chi connectivity index (χ4n) is 2.52. The second-order valence-electron chi connectivity index (χ2n) is 5.92. The predicted octanol–water partition coefficient (Wildman–Crippen LogP) is 3.93. The molecular formula is C20H18N4O4S. The Labute approximate surface area is 171 Å². The number of hydrogen-bond acceptors (Lipinski definition) is 7. The molecule has 0 amide bonds. The minimum atomic E-state index is -0.524. The molecule has 0 aliphatic heterocycles. The summed E-state index contributed by atoms with van der Waals surface area (Å²) < 4.78 is 7.55. The predicted molar refractivity (Wildman–Crippen MR) is 109 cm³/mol. The first-order chi connectivity index (χ1) is 14.1. The van der Waals surface area contributed by atoms with E-state index >= 15 is 0 Å². The molecule has 0 bridgehead atoms. The number of aromatic nitrogens is 3. The summed E-state index contributed by atoms with van der Waals surface area (Å²) in [5, 5.41) is 19.7. The van der Waals surface area contributed by atoms with Gasteiger partial charge in [0.2, 0.25) is 0 Å². The lowest BCUT2D eigenvalue weighted by Gasteiger charge is -2.09. The standard InChI is InChI=1S/C20H18N4O4S/c1-2-11-23-19(13-28-17-9-4-3-5-10-17)21-22-20(23)29-14-18(25)15-7-6-8-16(12-15)24(26)27/h2-10,12H,1,11,13-14H2. The zero-order chi connectivity index (χ0) is 20.6. The molecule has 0 N–H and O–H groups in total. The molecule has 0 atom stereocenters. The molecule has 0 radical (unpaired) electrons. The van der Waals surface area contributed by atoms with Crippen LogP contribution in [0.15, 0.2) is 72.4 Å². The van der Waals surface area contributed by atoms with Crippen LogP contribution >= 0.6 is 11.8 Å². The highest BCUT2D eigenvalue weighted by Gasteiger charge is 2.16. The van der Waals surface area contributed by atoms with Crippen molar-refractivity contribution in [1.29, 1.82) is 0 Å². The smallest absolute Gasteiger partial charge is 0.270 e. The number of carbonyl (C=O) groups is 1. The Morgan fingerprint density at radius 3 is 2.72 bits per heavy atom. The molecule has 0 unspecified atom stereocenters. The van der Waals surface area contributed by atoms with Crippen molar-refractivity contribution in [3.8, 4) is 5.75 Å². The number of para-hydroxylation sites is 1. The van der Waals surface area contributed by atoms with E-state index in [0.29, 0.717) is 17.5 Å². The largest absolute Gasteiger partial charge is 0.486 e. The number of nitro benzene ring substituents is 1. The lowest BCUT2D eigenvalue weighted by Crippen LogP contribution is -2.09. The maximum absolute atomic E-state index is 12.4. The molecule has 0 aliphatic rings. The molecule has 0 saturated carbocycles. The van der Waals surface area contributed by atoms with Crippen LogP contribution < -0.4 is 4.74 Å². The number of carbonyl (C=O) groups excluding carboxylic acids is 1. The minimum absolute atomic E-state index is 0.0794. The maximum Gasteiger partial charge on any atom is 0.270 e. The summed E-state index contributed by atoms with van der Waals surface area (Å²) in [4.78, 5) is 22.8. The topological polar surface area (TPSA) is 100 Å². The summed E-state index contributed by atoms with van der Waals surface area (Å²) in [5.74, 6) is 1.18. The molecule has 0 saturated heterocycles. The highest BCUT2D eigenvalue weighted by Crippen LogP contribution is 2.21. The fourth-order valence-corrected chi connectivity index (χ4v) is 3.38. The van der Waals surface area contributed by atoms with Gasteiger partial charge in [-0.15, -0.1) is 16.8 Å². The number of benzene rings is 2. The van der Waals surface area contributed by atoms with Crippen LogP contribution in [0, 0.1) is 10.1 Å². The second-order valence-corrected chi connectivity index (χ2v) is 6.86. The molecule has 0 aliphatic carbocycles. The van der Waals surface area contributed by atoms with Gasteiger partial charge in [0.15, 0.2) is 16.8 Å².